The number of nitrogens with zero attached hydrogens (tertiary/aromatic N) is 1. The van der Waals surface area contributed by atoms with Gasteiger partial charge in [0.1, 0.15) is 0 Å². The van der Waals surface area contributed by atoms with Gasteiger partial charge in [-0.1, -0.05) is 18.2 Å². The lowest BCUT2D eigenvalue weighted by Gasteiger charge is -2.16. The number of sulfonamides is 1. The van der Waals surface area contributed by atoms with E-state index in [1.807, 2.05) is 0 Å². The largest absolute Gasteiger partial charge is 0.325 e. The monoisotopic (exact) mass is 402 g/mol. The summed E-state index contributed by atoms with van der Waals surface area (Å²) in [4.78, 5) is 25.1. The average molecular weight is 402 g/mol. The molecule has 28 heavy (non-hydrogen) atoms. The fourth-order valence-corrected chi connectivity index (χ4v) is 3.29. The molecular weight excluding hydrogens is 380 g/mol. The zero-order valence-electron chi connectivity index (χ0n) is 15.8. The van der Waals surface area contributed by atoms with Crippen LogP contribution in [0.15, 0.2) is 59.5 Å². The van der Waals surface area contributed by atoms with Gasteiger partial charge in [-0.15, -0.1) is 0 Å². The van der Waals surface area contributed by atoms with Crippen LogP contribution < -0.4 is 10.6 Å². The van der Waals surface area contributed by atoms with E-state index in [2.05, 4.69) is 10.6 Å². The standard InChI is InChI=1S/C19H22N4O4S/c1-13(20)17(18(24)21-14-7-5-4-6-8-14)19(25)22-15-9-11-16(12-10-15)28(26,27)23(2)3/h4-12,17,20H,1-3H3,(H,21,24)(H,22,25). The van der Waals surface area contributed by atoms with Gasteiger partial charge in [-0.25, -0.2) is 12.7 Å². The van der Waals surface area contributed by atoms with Crippen molar-refractivity contribution in [1.29, 1.82) is 5.41 Å². The van der Waals surface area contributed by atoms with Crippen LogP contribution in [0.3, 0.4) is 0 Å². The number of hydrogen-bond donors (Lipinski definition) is 3. The van der Waals surface area contributed by atoms with Crippen molar-refractivity contribution in [2.24, 2.45) is 5.92 Å². The molecule has 0 fully saturated rings. The molecule has 8 nitrogen and oxygen atoms in total. The summed E-state index contributed by atoms with van der Waals surface area (Å²) >= 11 is 0. The summed E-state index contributed by atoms with van der Waals surface area (Å²) in [5.74, 6) is -2.61. The molecule has 2 aromatic carbocycles. The van der Waals surface area contributed by atoms with Gasteiger partial charge in [0, 0.05) is 31.2 Å². The van der Waals surface area contributed by atoms with E-state index in [0.717, 1.165) is 4.31 Å². The SMILES string of the molecule is CC(=N)C(C(=O)Nc1ccccc1)C(=O)Nc1ccc(S(=O)(=O)N(C)C)cc1. The van der Waals surface area contributed by atoms with E-state index in [-0.39, 0.29) is 10.6 Å². The third-order valence-electron chi connectivity index (χ3n) is 3.90. The van der Waals surface area contributed by atoms with Crippen molar-refractivity contribution < 1.29 is 18.0 Å². The molecule has 0 aliphatic carbocycles. The third kappa shape index (κ3) is 5.02. The van der Waals surface area contributed by atoms with Gasteiger partial charge in [0.25, 0.3) is 0 Å². The first-order valence-corrected chi connectivity index (χ1v) is 9.81. The number of anilines is 2. The Balaban J connectivity index is 2.14. The maximum Gasteiger partial charge on any atom is 0.242 e. The predicted octanol–water partition coefficient (Wildman–Crippen LogP) is 2.17. The van der Waals surface area contributed by atoms with Gasteiger partial charge in [0.2, 0.25) is 21.8 Å². The van der Waals surface area contributed by atoms with Crippen molar-refractivity contribution in [3.05, 3.63) is 54.6 Å². The van der Waals surface area contributed by atoms with Crippen molar-refractivity contribution in [1.82, 2.24) is 4.31 Å². The lowest BCUT2D eigenvalue weighted by Crippen LogP contribution is -2.38. The summed E-state index contributed by atoms with van der Waals surface area (Å²) in [7, 11) is -0.729. The molecule has 0 aromatic heterocycles. The number of hydrogen-bond acceptors (Lipinski definition) is 5. The summed E-state index contributed by atoms with van der Waals surface area (Å²) < 4.78 is 25.3. The molecular formula is C19H22N4O4S. The van der Waals surface area contributed by atoms with Crippen LogP contribution in [-0.2, 0) is 19.6 Å². The fraction of sp³-hybridized carbons (Fsp3) is 0.211. The zero-order valence-corrected chi connectivity index (χ0v) is 16.6. The normalized spacial score (nSPS) is 12.3. The van der Waals surface area contributed by atoms with Crippen molar-refractivity contribution >= 4 is 38.9 Å². The first-order valence-electron chi connectivity index (χ1n) is 8.37. The van der Waals surface area contributed by atoms with E-state index in [9.17, 15) is 18.0 Å². The molecule has 0 bridgehead atoms. The van der Waals surface area contributed by atoms with Gasteiger partial charge in [-0.2, -0.15) is 0 Å². The third-order valence-corrected chi connectivity index (χ3v) is 5.73. The summed E-state index contributed by atoms with van der Waals surface area (Å²) in [6, 6.07) is 14.2. The highest BCUT2D eigenvalue weighted by atomic mass is 32.2. The van der Waals surface area contributed by atoms with Crippen molar-refractivity contribution in [3.8, 4) is 0 Å². The number of rotatable bonds is 7. The lowest BCUT2D eigenvalue weighted by molar-refractivity contribution is -0.126. The summed E-state index contributed by atoms with van der Waals surface area (Å²) in [5.41, 5.74) is 0.726. The van der Waals surface area contributed by atoms with Gasteiger partial charge in [-0.3, -0.25) is 9.59 Å². The Hall–Kier alpha value is -3.04. The van der Waals surface area contributed by atoms with Crippen LogP contribution in [0.25, 0.3) is 0 Å². The fourth-order valence-electron chi connectivity index (χ4n) is 2.38. The summed E-state index contributed by atoms with van der Waals surface area (Å²) in [6.07, 6.45) is 0. The second-order valence-corrected chi connectivity index (χ2v) is 8.42. The predicted molar refractivity (Wildman–Crippen MR) is 108 cm³/mol. The number of nitrogens with one attached hydrogen (secondary N) is 3. The average Bonchev–Trinajstić information content (AvgIpc) is 2.62. The highest BCUT2D eigenvalue weighted by Crippen LogP contribution is 2.18. The Morgan fingerprint density at radius 3 is 1.79 bits per heavy atom. The molecule has 2 rings (SSSR count). The molecule has 0 spiro atoms. The van der Waals surface area contributed by atoms with Crippen LogP contribution in [0.1, 0.15) is 6.92 Å². The molecule has 0 heterocycles. The Kier molecular flexibility index (Phi) is 6.66. The number of carbonyl (C=O) groups is 2. The highest BCUT2D eigenvalue weighted by molar-refractivity contribution is 7.89. The minimum absolute atomic E-state index is 0.0807. The van der Waals surface area contributed by atoms with E-state index in [4.69, 9.17) is 5.41 Å². The van der Waals surface area contributed by atoms with Crippen LogP contribution in [0.2, 0.25) is 0 Å². The molecule has 148 valence electrons. The van der Waals surface area contributed by atoms with Gasteiger partial charge in [0.05, 0.1) is 4.90 Å². The van der Waals surface area contributed by atoms with Crippen LogP contribution in [0, 0.1) is 11.3 Å². The maximum atomic E-state index is 12.5. The number of amides is 2. The van der Waals surface area contributed by atoms with Gasteiger partial charge >= 0.3 is 0 Å². The molecule has 2 amide bonds. The van der Waals surface area contributed by atoms with Crippen LogP contribution in [0.5, 0.6) is 0 Å². The Morgan fingerprint density at radius 2 is 1.36 bits per heavy atom. The minimum Gasteiger partial charge on any atom is -0.325 e. The molecule has 0 aliphatic rings. The van der Waals surface area contributed by atoms with Crippen LogP contribution >= 0.6 is 0 Å². The highest BCUT2D eigenvalue weighted by Gasteiger charge is 2.29. The Morgan fingerprint density at radius 1 is 0.893 bits per heavy atom. The number of carbonyl (C=O) groups excluding carboxylic acids is 2. The number of benzene rings is 2. The first-order chi connectivity index (χ1) is 13.1. The van der Waals surface area contributed by atoms with E-state index < -0.39 is 27.8 Å². The van der Waals surface area contributed by atoms with E-state index in [1.54, 1.807) is 30.3 Å². The molecule has 1 unspecified atom stereocenters. The molecule has 1 atom stereocenters. The maximum absolute atomic E-state index is 12.5. The molecule has 0 aliphatic heterocycles. The molecule has 2 aromatic rings. The first kappa shape index (κ1) is 21.3. The summed E-state index contributed by atoms with van der Waals surface area (Å²) in [5, 5.41) is 13.0. The van der Waals surface area contributed by atoms with E-state index in [0.29, 0.717) is 11.4 Å². The molecule has 0 saturated carbocycles. The van der Waals surface area contributed by atoms with Gasteiger partial charge in [-0.05, 0) is 43.3 Å². The van der Waals surface area contributed by atoms with Crippen molar-refractivity contribution in [3.63, 3.8) is 0 Å². The van der Waals surface area contributed by atoms with E-state index >= 15 is 0 Å². The van der Waals surface area contributed by atoms with E-state index in [1.165, 1.54) is 45.3 Å². The van der Waals surface area contributed by atoms with Crippen LogP contribution in [0.4, 0.5) is 11.4 Å². The van der Waals surface area contributed by atoms with Crippen molar-refractivity contribution in [2.75, 3.05) is 24.7 Å². The molecule has 3 N–H and O–H groups in total. The smallest absolute Gasteiger partial charge is 0.242 e. The quantitative estimate of drug-likeness (QED) is 0.486. The molecule has 0 saturated heterocycles. The van der Waals surface area contributed by atoms with Crippen molar-refractivity contribution in [2.45, 2.75) is 11.8 Å². The molecule has 0 radical (unpaired) electrons. The van der Waals surface area contributed by atoms with Gasteiger partial charge in [0.15, 0.2) is 5.92 Å². The topological polar surface area (TPSA) is 119 Å². The second-order valence-electron chi connectivity index (χ2n) is 6.27. The zero-order chi connectivity index (χ0) is 20.9. The second kappa shape index (κ2) is 8.77. The minimum atomic E-state index is -3.58. The number of para-hydroxylation sites is 1. The Bertz CT molecular complexity index is 971. The van der Waals surface area contributed by atoms with Crippen LogP contribution in [-0.4, -0.2) is 44.3 Å². The van der Waals surface area contributed by atoms with Gasteiger partial charge < -0.3 is 16.0 Å². The Labute approximate surface area is 164 Å². The summed E-state index contributed by atoms with van der Waals surface area (Å²) in [6.45, 7) is 1.38. The lowest BCUT2D eigenvalue weighted by atomic mass is 10.0. The molecule has 9 heteroatoms.